The summed E-state index contributed by atoms with van der Waals surface area (Å²) in [6, 6.07) is 10.4. The fraction of sp³-hybridized carbons (Fsp3) is 0.211. The molecule has 27 heavy (non-hydrogen) atoms. The third-order valence-electron chi connectivity index (χ3n) is 3.92. The minimum Gasteiger partial charge on any atom is -0.469 e. The first-order chi connectivity index (χ1) is 13.0. The van der Waals surface area contributed by atoms with Crippen LogP contribution < -0.4 is 5.32 Å². The molecule has 3 rings (SSSR count). The van der Waals surface area contributed by atoms with Crippen molar-refractivity contribution in [1.29, 1.82) is 0 Å². The zero-order valence-electron chi connectivity index (χ0n) is 14.7. The Hall–Kier alpha value is -2.22. The van der Waals surface area contributed by atoms with Gasteiger partial charge in [0, 0.05) is 5.02 Å². The number of rotatable bonds is 6. The molecule has 1 unspecified atom stereocenters. The number of thiophene rings is 1. The minimum atomic E-state index is -0.592. The van der Waals surface area contributed by atoms with E-state index in [0.717, 1.165) is 9.88 Å². The Morgan fingerprint density at radius 2 is 2.04 bits per heavy atom. The van der Waals surface area contributed by atoms with Crippen LogP contribution in [0, 0.1) is 6.92 Å². The van der Waals surface area contributed by atoms with E-state index >= 15 is 0 Å². The number of benzene rings is 1. The number of thiazole rings is 1. The van der Waals surface area contributed by atoms with Crippen LogP contribution in [-0.4, -0.2) is 24.0 Å². The van der Waals surface area contributed by atoms with E-state index in [0.29, 0.717) is 21.2 Å². The molecule has 1 amide bonds. The zero-order chi connectivity index (χ0) is 19.4. The molecule has 3 aromatic rings. The highest BCUT2D eigenvalue weighted by molar-refractivity contribution is 7.22. The molecule has 0 spiro atoms. The van der Waals surface area contributed by atoms with Crippen LogP contribution in [0.3, 0.4) is 0 Å². The minimum absolute atomic E-state index is 0.0123. The highest BCUT2D eigenvalue weighted by Gasteiger charge is 2.24. The molecular formula is C19H17ClN2O3S2. The molecule has 0 bridgehead atoms. The number of aromatic nitrogens is 1. The summed E-state index contributed by atoms with van der Waals surface area (Å²) in [7, 11) is 1.31. The number of halogens is 1. The van der Waals surface area contributed by atoms with E-state index in [2.05, 4.69) is 10.3 Å². The number of nitrogens with one attached hydrogen (secondary N) is 1. The number of carbonyl (C=O) groups excluding carboxylic acids is 2. The van der Waals surface area contributed by atoms with Crippen molar-refractivity contribution in [1.82, 2.24) is 10.3 Å². The Morgan fingerprint density at radius 1 is 1.26 bits per heavy atom. The quantitative estimate of drug-likeness (QED) is 0.578. The smallest absolute Gasteiger partial charge is 0.307 e. The molecule has 140 valence electrons. The summed E-state index contributed by atoms with van der Waals surface area (Å²) < 4.78 is 4.76. The van der Waals surface area contributed by atoms with E-state index in [1.807, 2.05) is 23.6 Å². The topological polar surface area (TPSA) is 68.3 Å². The van der Waals surface area contributed by atoms with Crippen molar-refractivity contribution < 1.29 is 14.3 Å². The largest absolute Gasteiger partial charge is 0.469 e. The van der Waals surface area contributed by atoms with E-state index < -0.39 is 12.0 Å². The average molecular weight is 421 g/mol. The number of esters is 1. The first-order valence-electron chi connectivity index (χ1n) is 8.13. The molecule has 2 aromatic heterocycles. The van der Waals surface area contributed by atoms with Crippen molar-refractivity contribution in [3.63, 3.8) is 0 Å². The van der Waals surface area contributed by atoms with Crippen molar-refractivity contribution in [3.8, 4) is 9.88 Å². The molecule has 0 aliphatic heterocycles. The maximum atomic E-state index is 12.9. The lowest BCUT2D eigenvalue weighted by atomic mass is 10.0. The molecule has 8 heteroatoms. The molecular weight excluding hydrogens is 404 g/mol. The predicted molar refractivity (Wildman–Crippen MR) is 108 cm³/mol. The molecule has 1 N–H and O–H groups in total. The highest BCUT2D eigenvalue weighted by atomic mass is 35.5. The van der Waals surface area contributed by atoms with Crippen molar-refractivity contribution in [2.45, 2.75) is 19.4 Å². The Labute approximate surface area is 170 Å². The van der Waals surface area contributed by atoms with Crippen molar-refractivity contribution in [2.75, 3.05) is 7.11 Å². The van der Waals surface area contributed by atoms with E-state index in [-0.39, 0.29) is 12.3 Å². The number of aryl methyl sites for hydroxylation is 1. The molecule has 0 fully saturated rings. The zero-order valence-corrected chi connectivity index (χ0v) is 17.1. The maximum absolute atomic E-state index is 12.9. The average Bonchev–Trinajstić information content (AvgIpc) is 3.31. The normalized spacial score (nSPS) is 11.8. The number of nitrogens with zero attached hydrogens (tertiary/aromatic N) is 1. The van der Waals surface area contributed by atoms with E-state index in [1.54, 1.807) is 36.5 Å². The van der Waals surface area contributed by atoms with Gasteiger partial charge in [0.05, 0.1) is 30.1 Å². The van der Waals surface area contributed by atoms with Gasteiger partial charge >= 0.3 is 5.97 Å². The summed E-state index contributed by atoms with van der Waals surface area (Å²) in [5, 5.41) is 6.15. The summed E-state index contributed by atoms with van der Waals surface area (Å²) in [6.45, 7) is 1.80. The number of amides is 1. The molecule has 0 radical (unpaired) electrons. The second kappa shape index (κ2) is 8.65. The Balaban J connectivity index is 1.86. The van der Waals surface area contributed by atoms with Gasteiger partial charge in [-0.3, -0.25) is 9.59 Å². The lowest BCUT2D eigenvalue weighted by molar-refractivity contribution is -0.141. The molecule has 0 aliphatic rings. The fourth-order valence-corrected chi connectivity index (χ4v) is 4.62. The van der Waals surface area contributed by atoms with Gasteiger partial charge in [0.1, 0.15) is 9.88 Å². The van der Waals surface area contributed by atoms with Gasteiger partial charge < -0.3 is 10.1 Å². The SMILES string of the molecule is COC(=O)CC(NC(=O)c1sc(-c2cccs2)nc1C)c1ccccc1Cl. The lowest BCUT2D eigenvalue weighted by Gasteiger charge is -2.19. The van der Waals surface area contributed by atoms with Crippen LogP contribution in [0.4, 0.5) is 0 Å². The van der Waals surface area contributed by atoms with Gasteiger partial charge in [0.15, 0.2) is 0 Å². The third kappa shape index (κ3) is 4.55. The van der Waals surface area contributed by atoms with Gasteiger partial charge in [0.25, 0.3) is 5.91 Å². The standard InChI is InChI=1S/C19H17ClN2O3S2/c1-11-17(27-19(21-11)15-8-5-9-26-15)18(24)22-14(10-16(23)25-2)12-6-3-4-7-13(12)20/h3-9,14H,10H2,1-2H3,(H,22,24). The number of hydrogen-bond acceptors (Lipinski definition) is 6. The number of hydrogen-bond donors (Lipinski definition) is 1. The maximum Gasteiger partial charge on any atom is 0.307 e. The van der Waals surface area contributed by atoms with Crippen LogP contribution in [0.5, 0.6) is 0 Å². The van der Waals surface area contributed by atoms with Crippen LogP contribution in [0.1, 0.15) is 33.4 Å². The van der Waals surface area contributed by atoms with Crippen LogP contribution in [0.25, 0.3) is 9.88 Å². The van der Waals surface area contributed by atoms with E-state index in [1.165, 1.54) is 18.4 Å². The first-order valence-corrected chi connectivity index (χ1v) is 10.2. The van der Waals surface area contributed by atoms with Crippen molar-refractivity contribution in [2.24, 2.45) is 0 Å². The van der Waals surface area contributed by atoms with Gasteiger partial charge in [0.2, 0.25) is 0 Å². The number of methoxy groups -OCH3 is 1. The molecule has 2 heterocycles. The van der Waals surface area contributed by atoms with E-state index in [4.69, 9.17) is 16.3 Å². The van der Waals surface area contributed by atoms with Gasteiger partial charge in [-0.1, -0.05) is 35.9 Å². The first kappa shape index (κ1) is 19.5. The van der Waals surface area contributed by atoms with Crippen LogP contribution in [-0.2, 0) is 9.53 Å². The second-order valence-electron chi connectivity index (χ2n) is 5.74. The summed E-state index contributed by atoms with van der Waals surface area (Å²) in [4.78, 5) is 30.7. The van der Waals surface area contributed by atoms with Gasteiger partial charge in [-0.05, 0) is 30.0 Å². The highest BCUT2D eigenvalue weighted by Crippen LogP contribution is 2.32. The molecule has 0 saturated heterocycles. The number of ether oxygens (including phenoxy) is 1. The fourth-order valence-electron chi connectivity index (χ4n) is 2.58. The van der Waals surface area contributed by atoms with Gasteiger partial charge in [-0.25, -0.2) is 4.98 Å². The Bertz CT molecular complexity index is 954. The molecule has 5 nitrogen and oxygen atoms in total. The molecule has 1 aromatic carbocycles. The monoisotopic (exact) mass is 420 g/mol. The predicted octanol–water partition coefficient (Wildman–Crippen LogP) is 4.87. The third-order valence-corrected chi connectivity index (χ3v) is 6.46. The molecule has 0 aliphatic carbocycles. The lowest BCUT2D eigenvalue weighted by Crippen LogP contribution is -2.30. The number of carbonyl (C=O) groups is 2. The summed E-state index contributed by atoms with van der Waals surface area (Å²) >= 11 is 9.17. The van der Waals surface area contributed by atoms with Gasteiger partial charge in [-0.2, -0.15) is 0 Å². The Morgan fingerprint density at radius 3 is 2.70 bits per heavy atom. The van der Waals surface area contributed by atoms with Crippen molar-refractivity contribution >= 4 is 46.2 Å². The van der Waals surface area contributed by atoms with Crippen LogP contribution in [0.2, 0.25) is 5.02 Å². The molecule has 1 atom stereocenters. The van der Waals surface area contributed by atoms with Crippen molar-refractivity contribution in [3.05, 3.63) is 62.9 Å². The Kier molecular flexibility index (Phi) is 6.26. The second-order valence-corrected chi connectivity index (χ2v) is 8.09. The summed E-state index contributed by atoms with van der Waals surface area (Å²) in [5.41, 5.74) is 1.32. The summed E-state index contributed by atoms with van der Waals surface area (Å²) in [6.07, 6.45) is -0.0123. The summed E-state index contributed by atoms with van der Waals surface area (Å²) in [5.74, 6) is -0.720. The van der Waals surface area contributed by atoms with Crippen LogP contribution in [0.15, 0.2) is 41.8 Å². The van der Waals surface area contributed by atoms with Gasteiger partial charge in [-0.15, -0.1) is 22.7 Å². The van der Waals surface area contributed by atoms with E-state index in [9.17, 15) is 9.59 Å². The van der Waals surface area contributed by atoms with Crippen LogP contribution >= 0.6 is 34.3 Å². The molecule has 0 saturated carbocycles.